The molecule has 1 amide bonds. The van der Waals surface area contributed by atoms with Crippen LogP contribution in [0.1, 0.15) is 42.0 Å². The normalized spacial score (nSPS) is 24.2. The first-order valence-corrected chi connectivity index (χ1v) is 12.0. The standard InChI is InChI=1S/C29H27N3O3/c1-18(31-32-29(33)27-17-34-25-12-5-6-13-26(25)35-27)20-14-15-24-23(16-20)21-10-7-11-22(21)28(30-24)19-8-3-2-4-9-19/h2-10,12-16,21-22,27-28,30H,11,17H2,1H3,(H,32,33)/b31-18+/t21-,22+,27?,28+/m1/s1. The van der Waals surface area contributed by atoms with Crippen molar-refractivity contribution in [2.75, 3.05) is 11.9 Å². The number of nitrogens with zero attached hydrogens (tertiary/aromatic N) is 1. The number of nitrogens with one attached hydrogen (secondary N) is 2. The summed E-state index contributed by atoms with van der Waals surface area (Å²) in [6.45, 7) is 2.06. The number of hydrogen-bond acceptors (Lipinski definition) is 5. The Labute approximate surface area is 204 Å². The SMILES string of the molecule is C/C(=N\NC(=O)C1COc2ccccc2O1)c1ccc2c(c1)[C@@H]1C=CC[C@@H]1[C@H](c1ccccc1)N2. The van der Waals surface area contributed by atoms with Gasteiger partial charge in [-0.05, 0) is 60.2 Å². The van der Waals surface area contributed by atoms with E-state index in [0.717, 1.165) is 23.4 Å². The van der Waals surface area contributed by atoms with Crippen molar-refractivity contribution in [2.24, 2.45) is 11.0 Å². The molecule has 2 N–H and O–H groups in total. The van der Waals surface area contributed by atoms with Crippen LogP contribution >= 0.6 is 0 Å². The average Bonchev–Trinajstić information content (AvgIpc) is 3.41. The maximum Gasteiger partial charge on any atom is 0.284 e. The molecule has 35 heavy (non-hydrogen) atoms. The molecule has 176 valence electrons. The lowest BCUT2D eigenvalue weighted by atomic mass is 9.76. The molecule has 2 heterocycles. The van der Waals surface area contributed by atoms with Crippen molar-refractivity contribution in [3.63, 3.8) is 0 Å². The Hall–Kier alpha value is -4.06. The highest BCUT2D eigenvalue weighted by atomic mass is 16.6. The largest absolute Gasteiger partial charge is 0.485 e. The summed E-state index contributed by atoms with van der Waals surface area (Å²) in [5, 5.41) is 8.14. The molecule has 1 unspecified atom stereocenters. The summed E-state index contributed by atoms with van der Waals surface area (Å²) in [5.41, 5.74) is 8.11. The maximum absolute atomic E-state index is 12.7. The number of amides is 1. The summed E-state index contributed by atoms with van der Waals surface area (Å²) < 4.78 is 11.4. The second kappa shape index (κ2) is 8.95. The van der Waals surface area contributed by atoms with Crippen LogP contribution < -0.4 is 20.2 Å². The quantitative estimate of drug-likeness (QED) is 0.316. The summed E-state index contributed by atoms with van der Waals surface area (Å²) in [6.07, 6.45) is 4.93. The zero-order valence-electron chi connectivity index (χ0n) is 19.5. The van der Waals surface area contributed by atoms with Crippen LogP contribution in [0.4, 0.5) is 5.69 Å². The zero-order chi connectivity index (χ0) is 23.8. The van der Waals surface area contributed by atoms with Crippen LogP contribution in [0.2, 0.25) is 0 Å². The molecule has 6 rings (SSSR count). The third kappa shape index (κ3) is 4.05. The number of para-hydroxylation sites is 2. The first-order chi connectivity index (χ1) is 17.2. The minimum absolute atomic E-state index is 0.153. The van der Waals surface area contributed by atoms with E-state index < -0.39 is 6.10 Å². The van der Waals surface area contributed by atoms with Crippen molar-refractivity contribution in [1.29, 1.82) is 0 Å². The maximum atomic E-state index is 12.7. The first kappa shape index (κ1) is 21.5. The predicted molar refractivity (Wildman–Crippen MR) is 136 cm³/mol. The van der Waals surface area contributed by atoms with Crippen molar-refractivity contribution in [3.8, 4) is 11.5 Å². The fourth-order valence-electron chi connectivity index (χ4n) is 5.23. The molecule has 2 aliphatic heterocycles. The molecular weight excluding hydrogens is 438 g/mol. The first-order valence-electron chi connectivity index (χ1n) is 12.0. The summed E-state index contributed by atoms with van der Waals surface area (Å²) >= 11 is 0. The van der Waals surface area contributed by atoms with E-state index in [1.54, 1.807) is 6.07 Å². The van der Waals surface area contributed by atoms with Crippen LogP contribution in [0, 0.1) is 5.92 Å². The monoisotopic (exact) mass is 465 g/mol. The topological polar surface area (TPSA) is 72.0 Å². The van der Waals surface area contributed by atoms with Gasteiger partial charge in [-0.25, -0.2) is 5.43 Å². The summed E-state index contributed by atoms with van der Waals surface area (Å²) in [4.78, 5) is 12.7. The summed E-state index contributed by atoms with van der Waals surface area (Å²) in [7, 11) is 0. The number of carbonyl (C=O) groups excluding carboxylic acids is 1. The highest BCUT2D eigenvalue weighted by molar-refractivity contribution is 6.00. The van der Waals surface area contributed by atoms with E-state index in [2.05, 4.69) is 70.5 Å². The Balaban J connectivity index is 1.19. The van der Waals surface area contributed by atoms with Gasteiger partial charge in [0.15, 0.2) is 11.5 Å². The Morgan fingerprint density at radius 2 is 1.83 bits per heavy atom. The lowest BCUT2D eigenvalue weighted by Crippen LogP contribution is -2.42. The zero-order valence-corrected chi connectivity index (χ0v) is 19.5. The lowest BCUT2D eigenvalue weighted by Gasteiger charge is -2.37. The number of fused-ring (bicyclic) bond motifs is 4. The van der Waals surface area contributed by atoms with Crippen molar-refractivity contribution in [3.05, 3.63) is 102 Å². The second-order valence-electron chi connectivity index (χ2n) is 9.23. The van der Waals surface area contributed by atoms with E-state index in [1.165, 1.54) is 11.1 Å². The molecule has 0 radical (unpaired) electrons. The highest BCUT2D eigenvalue weighted by Crippen LogP contribution is 2.49. The van der Waals surface area contributed by atoms with Crippen molar-refractivity contribution < 1.29 is 14.3 Å². The van der Waals surface area contributed by atoms with Gasteiger partial charge in [0.1, 0.15) is 6.61 Å². The Bertz CT molecular complexity index is 1320. The van der Waals surface area contributed by atoms with Crippen LogP contribution in [0.5, 0.6) is 11.5 Å². The van der Waals surface area contributed by atoms with Crippen molar-refractivity contribution >= 4 is 17.3 Å². The molecule has 6 heteroatoms. The van der Waals surface area contributed by atoms with Gasteiger partial charge in [-0.3, -0.25) is 4.79 Å². The molecule has 0 saturated heterocycles. The van der Waals surface area contributed by atoms with Gasteiger partial charge in [-0.1, -0.05) is 60.7 Å². The molecule has 0 aromatic heterocycles. The molecule has 4 atom stereocenters. The predicted octanol–water partition coefficient (Wildman–Crippen LogP) is 5.19. The molecule has 3 aromatic carbocycles. The van der Waals surface area contributed by atoms with Gasteiger partial charge in [0, 0.05) is 11.6 Å². The Morgan fingerprint density at radius 3 is 2.69 bits per heavy atom. The number of carbonyl (C=O) groups is 1. The number of anilines is 1. The lowest BCUT2D eigenvalue weighted by molar-refractivity contribution is -0.130. The molecular formula is C29H27N3O3. The second-order valence-corrected chi connectivity index (χ2v) is 9.23. The fourth-order valence-corrected chi connectivity index (χ4v) is 5.23. The molecule has 6 nitrogen and oxygen atoms in total. The van der Waals surface area contributed by atoms with Crippen molar-refractivity contribution in [1.82, 2.24) is 5.43 Å². The highest BCUT2D eigenvalue weighted by Gasteiger charge is 2.38. The number of hydrogen-bond donors (Lipinski definition) is 2. The van der Waals surface area contributed by atoms with E-state index in [0.29, 0.717) is 23.3 Å². The molecule has 0 fully saturated rings. The Kier molecular flexibility index (Phi) is 5.49. The van der Waals surface area contributed by atoms with Gasteiger partial charge in [-0.15, -0.1) is 0 Å². The average molecular weight is 466 g/mol. The summed E-state index contributed by atoms with van der Waals surface area (Å²) in [6, 6.07) is 24.6. The minimum atomic E-state index is -0.742. The fraction of sp³-hybridized carbons (Fsp3) is 0.241. The van der Waals surface area contributed by atoms with Crippen LogP contribution in [0.25, 0.3) is 0 Å². The molecule has 3 aromatic rings. The van der Waals surface area contributed by atoms with Gasteiger partial charge in [0.05, 0.1) is 11.8 Å². The van der Waals surface area contributed by atoms with Crippen LogP contribution in [0.3, 0.4) is 0 Å². The smallest absolute Gasteiger partial charge is 0.284 e. The molecule has 3 aliphatic rings. The number of benzene rings is 3. The Morgan fingerprint density at radius 1 is 1.03 bits per heavy atom. The van der Waals surface area contributed by atoms with Crippen molar-refractivity contribution in [2.45, 2.75) is 31.4 Å². The van der Waals surface area contributed by atoms with Gasteiger partial charge in [0.2, 0.25) is 6.10 Å². The molecule has 0 bridgehead atoms. The number of rotatable bonds is 4. The van der Waals surface area contributed by atoms with Gasteiger partial charge >= 0.3 is 0 Å². The number of allylic oxidation sites excluding steroid dienone is 2. The number of hydrazone groups is 1. The van der Waals surface area contributed by atoms with E-state index in [-0.39, 0.29) is 18.6 Å². The third-order valence-corrected chi connectivity index (χ3v) is 7.07. The van der Waals surface area contributed by atoms with Crippen LogP contribution in [0.15, 0.2) is 90.0 Å². The van der Waals surface area contributed by atoms with E-state index in [1.807, 2.05) is 31.2 Å². The molecule has 1 aliphatic carbocycles. The van der Waals surface area contributed by atoms with Gasteiger partial charge in [-0.2, -0.15) is 5.10 Å². The van der Waals surface area contributed by atoms with E-state index >= 15 is 0 Å². The van der Waals surface area contributed by atoms with Gasteiger partial charge < -0.3 is 14.8 Å². The van der Waals surface area contributed by atoms with Crippen LogP contribution in [-0.4, -0.2) is 24.3 Å². The van der Waals surface area contributed by atoms with E-state index in [4.69, 9.17) is 9.47 Å². The summed E-state index contributed by atoms with van der Waals surface area (Å²) in [5.74, 6) is 1.71. The molecule has 0 saturated carbocycles. The molecule has 0 spiro atoms. The third-order valence-electron chi connectivity index (χ3n) is 7.07. The van der Waals surface area contributed by atoms with E-state index in [9.17, 15) is 4.79 Å². The van der Waals surface area contributed by atoms with Gasteiger partial charge in [0.25, 0.3) is 5.91 Å². The number of ether oxygens (including phenoxy) is 2. The minimum Gasteiger partial charge on any atom is -0.485 e. The van der Waals surface area contributed by atoms with Crippen LogP contribution in [-0.2, 0) is 4.79 Å².